The van der Waals surface area contributed by atoms with E-state index in [0.29, 0.717) is 0 Å². The van der Waals surface area contributed by atoms with E-state index in [1.54, 1.807) is 0 Å². The molecule has 104 valence electrons. The molecule has 0 saturated heterocycles. The van der Waals surface area contributed by atoms with E-state index < -0.39 is 0 Å². The standard InChI is InChI=1S/C17H26N2/c1-2-13-6-5-7-14(12-13)19-11-10-16(18)15-8-3-4-9-17(15)19/h3-4,8-9,13-14,16H,2,5-7,10-12,18H2,1H3. The molecule has 1 aliphatic carbocycles. The molecule has 0 aromatic heterocycles. The molecule has 2 N–H and O–H groups in total. The highest BCUT2D eigenvalue weighted by molar-refractivity contribution is 5.57. The summed E-state index contributed by atoms with van der Waals surface area (Å²) in [5.41, 5.74) is 9.02. The van der Waals surface area contributed by atoms with E-state index in [0.717, 1.165) is 24.9 Å². The second kappa shape index (κ2) is 5.54. The maximum atomic E-state index is 6.26. The van der Waals surface area contributed by atoms with Crippen LogP contribution in [0.2, 0.25) is 0 Å². The molecule has 19 heavy (non-hydrogen) atoms. The van der Waals surface area contributed by atoms with Gasteiger partial charge in [-0.05, 0) is 36.8 Å². The molecule has 3 rings (SSSR count). The molecule has 1 heterocycles. The first kappa shape index (κ1) is 13.0. The normalized spacial score (nSPS) is 31.1. The van der Waals surface area contributed by atoms with Crippen LogP contribution in [-0.2, 0) is 0 Å². The van der Waals surface area contributed by atoms with Crippen LogP contribution < -0.4 is 10.6 Å². The third-order valence-electron chi connectivity index (χ3n) is 5.10. The first-order valence-corrected chi connectivity index (χ1v) is 7.90. The predicted octanol–water partition coefficient (Wildman–Crippen LogP) is 3.87. The summed E-state index contributed by atoms with van der Waals surface area (Å²) in [5, 5.41) is 0. The maximum absolute atomic E-state index is 6.26. The van der Waals surface area contributed by atoms with E-state index in [1.807, 2.05) is 0 Å². The van der Waals surface area contributed by atoms with Gasteiger partial charge in [-0.3, -0.25) is 0 Å². The molecule has 0 radical (unpaired) electrons. The Labute approximate surface area is 117 Å². The lowest BCUT2D eigenvalue weighted by Gasteiger charge is -2.43. The summed E-state index contributed by atoms with van der Waals surface area (Å²) in [5.74, 6) is 0.932. The molecule has 2 nitrogen and oxygen atoms in total. The van der Waals surface area contributed by atoms with Gasteiger partial charge in [0.25, 0.3) is 0 Å². The quantitative estimate of drug-likeness (QED) is 0.872. The number of benzene rings is 1. The van der Waals surface area contributed by atoms with Crippen LogP contribution in [0.4, 0.5) is 5.69 Å². The van der Waals surface area contributed by atoms with Crippen LogP contribution in [0.1, 0.15) is 57.1 Å². The molecule has 1 saturated carbocycles. The molecule has 3 atom stereocenters. The fourth-order valence-corrected chi connectivity index (χ4v) is 3.91. The summed E-state index contributed by atoms with van der Waals surface area (Å²) in [4.78, 5) is 2.65. The zero-order valence-corrected chi connectivity index (χ0v) is 12.0. The lowest BCUT2D eigenvalue weighted by atomic mass is 9.82. The van der Waals surface area contributed by atoms with Gasteiger partial charge in [-0.25, -0.2) is 0 Å². The Morgan fingerprint density at radius 2 is 2.05 bits per heavy atom. The highest BCUT2D eigenvalue weighted by atomic mass is 15.2. The molecule has 1 aliphatic heterocycles. The average Bonchev–Trinajstić information content (AvgIpc) is 2.48. The van der Waals surface area contributed by atoms with Crippen molar-refractivity contribution in [3.05, 3.63) is 29.8 Å². The van der Waals surface area contributed by atoms with E-state index >= 15 is 0 Å². The SMILES string of the molecule is CCC1CCCC(N2CCC(N)c3ccccc32)C1. The van der Waals surface area contributed by atoms with Gasteiger partial charge in [0.05, 0.1) is 0 Å². The zero-order valence-electron chi connectivity index (χ0n) is 12.0. The molecule has 1 aromatic carbocycles. The van der Waals surface area contributed by atoms with Gasteiger partial charge in [0.15, 0.2) is 0 Å². The second-order valence-electron chi connectivity index (χ2n) is 6.24. The number of para-hydroxylation sites is 1. The minimum absolute atomic E-state index is 0.234. The van der Waals surface area contributed by atoms with Gasteiger partial charge in [0, 0.05) is 24.3 Å². The molecule has 2 heteroatoms. The summed E-state index contributed by atoms with van der Waals surface area (Å²) in [6.45, 7) is 3.48. The fourth-order valence-electron chi connectivity index (χ4n) is 3.91. The lowest BCUT2D eigenvalue weighted by Crippen LogP contribution is -2.43. The molecule has 1 fully saturated rings. The molecule has 2 aliphatic rings. The lowest BCUT2D eigenvalue weighted by molar-refractivity contribution is 0.298. The van der Waals surface area contributed by atoms with Crippen molar-refractivity contribution in [3.8, 4) is 0 Å². The number of rotatable bonds is 2. The summed E-state index contributed by atoms with van der Waals surface area (Å²) >= 11 is 0. The summed E-state index contributed by atoms with van der Waals surface area (Å²) < 4.78 is 0. The Hall–Kier alpha value is -1.02. The Morgan fingerprint density at radius 1 is 1.21 bits per heavy atom. The number of hydrogen-bond acceptors (Lipinski definition) is 2. The van der Waals surface area contributed by atoms with Gasteiger partial charge in [-0.15, -0.1) is 0 Å². The Balaban J connectivity index is 1.84. The summed E-state index contributed by atoms with van der Waals surface area (Å²) in [6, 6.07) is 9.74. The Kier molecular flexibility index (Phi) is 3.79. The van der Waals surface area contributed by atoms with Crippen molar-refractivity contribution in [2.24, 2.45) is 11.7 Å². The topological polar surface area (TPSA) is 29.3 Å². The zero-order chi connectivity index (χ0) is 13.2. The minimum atomic E-state index is 0.234. The van der Waals surface area contributed by atoms with E-state index in [1.165, 1.54) is 43.4 Å². The van der Waals surface area contributed by atoms with Crippen LogP contribution in [0.5, 0.6) is 0 Å². The van der Waals surface area contributed by atoms with Crippen LogP contribution >= 0.6 is 0 Å². The largest absolute Gasteiger partial charge is 0.368 e. The van der Waals surface area contributed by atoms with Gasteiger partial charge < -0.3 is 10.6 Å². The van der Waals surface area contributed by atoms with Gasteiger partial charge in [0.2, 0.25) is 0 Å². The van der Waals surface area contributed by atoms with Gasteiger partial charge >= 0.3 is 0 Å². The molecular formula is C17H26N2. The third-order valence-corrected chi connectivity index (χ3v) is 5.10. The predicted molar refractivity (Wildman–Crippen MR) is 81.4 cm³/mol. The monoisotopic (exact) mass is 258 g/mol. The van der Waals surface area contributed by atoms with E-state index in [2.05, 4.69) is 36.1 Å². The maximum Gasteiger partial charge on any atom is 0.0417 e. The Morgan fingerprint density at radius 3 is 2.89 bits per heavy atom. The molecule has 0 bridgehead atoms. The van der Waals surface area contributed by atoms with Crippen molar-refractivity contribution < 1.29 is 0 Å². The highest BCUT2D eigenvalue weighted by Crippen LogP contribution is 2.38. The van der Waals surface area contributed by atoms with Gasteiger partial charge in [-0.1, -0.05) is 44.4 Å². The third kappa shape index (κ3) is 2.51. The molecule has 1 aromatic rings. The number of hydrogen-bond donors (Lipinski definition) is 1. The van der Waals surface area contributed by atoms with Crippen LogP contribution in [0.3, 0.4) is 0 Å². The van der Waals surface area contributed by atoms with Crippen molar-refractivity contribution in [3.63, 3.8) is 0 Å². The summed E-state index contributed by atoms with van der Waals surface area (Å²) in [6.07, 6.45) is 8.01. The number of nitrogens with zero attached hydrogens (tertiary/aromatic N) is 1. The molecule has 0 spiro atoms. The average molecular weight is 258 g/mol. The second-order valence-corrected chi connectivity index (χ2v) is 6.24. The summed E-state index contributed by atoms with van der Waals surface area (Å²) in [7, 11) is 0. The Bertz CT molecular complexity index is 429. The van der Waals surface area contributed by atoms with E-state index in [-0.39, 0.29) is 6.04 Å². The van der Waals surface area contributed by atoms with E-state index in [4.69, 9.17) is 5.73 Å². The highest BCUT2D eigenvalue weighted by Gasteiger charge is 2.30. The van der Waals surface area contributed by atoms with Crippen LogP contribution in [-0.4, -0.2) is 12.6 Å². The van der Waals surface area contributed by atoms with Crippen molar-refractivity contribution >= 4 is 5.69 Å². The van der Waals surface area contributed by atoms with E-state index in [9.17, 15) is 0 Å². The van der Waals surface area contributed by atoms with Crippen molar-refractivity contribution in [1.29, 1.82) is 0 Å². The number of nitrogens with two attached hydrogens (primary N) is 1. The number of fused-ring (bicyclic) bond motifs is 1. The first-order valence-electron chi connectivity index (χ1n) is 7.90. The molecule has 0 amide bonds. The van der Waals surface area contributed by atoms with Crippen LogP contribution in [0.15, 0.2) is 24.3 Å². The van der Waals surface area contributed by atoms with Crippen molar-refractivity contribution in [2.45, 2.75) is 57.5 Å². The molecule has 3 unspecified atom stereocenters. The van der Waals surface area contributed by atoms with Crippen molar-refractivity contribution in [1.82, 2.24) is 0 Å². The fraction of sp³-hybridized carbons (Fsp3) is 0.647. The van der Waals surface area contributed by atoms with Crippen LogP contribution in [0, 0.1) is 5.92 Å². The van der Waals surface area contributed by atoms with Crippen LogP contribution in [0.25, 0.3) is 0 Å². The van der Waals surface area contributed by atoms with Gasteiger partial charge in [-0.2, -0.15) is 0 Å². The minimum Gasteiger partial charge on any atom is -0.368 e. The smallest absolute Gasteiger partial charge is 0.0417 e. The first-order chi connectivity index (χ1) is 9.29. The molecular weight excluding hydrogens is 232 g/mol. The van der Waals surface area contributed by atoms with Crippen molar-refractivity contribution in [2.75, 3.05) is 11.4 Å². The number of anilines is 1. The van der Waals surface area contributed by atoms with Gasteiger partial charge in [0.1, 0.15) is 0 Å².